The van der Waals surface area contributed by atoms with Gasteiger partial charge in [-0.3, -0.25) is 19.4 Å². The Morgan fingerprint density at radius 1 is 1.19 bits per heavy atom. The van der Waals surface area contributed by atoms with Gasteiger partial charge in [-0.1, -0.05) is 24.3 Å². The van der Waals surface area contributed by atoms with Crippen LogP contribution in [-0.4, -0.2) is 35.3 Å². The maximum Gasteiger partial charge on any atom is 0.242 e. The number of pyridine rings is 1. The number of carbonyl (C=O) groups excluding carboxylic acids is 3. The average Bonchev–Trinajstić information content (AvgIpc) is 3.09. The van der Waals surface area contributed by atoms with Crippen LogP contribution in [0.2, 0.25) is 0 Å². The van der Waals surface area contributed by atoms with Gasteiger partial charge in [0.15, 0.2) is 0 Å². The molecule has 1 aromatic heterocycles. The summed E-state index contributed by atoms with van der Waals surface area (Å²) in [7, 11) is 0. The topological polar surface area (TPSA) is 91.4 Å². The van der Waals surface area contributed by atoms with Crippen molar-refractivity contribution in [3.63, 3.8) is 0 Å². The minimum atomic E-state index is -0.693. The summed E-state index contributed by atoms with van der Waals surface area (Å²) in [5.74, 6) is -1.14. The number of amides is 3. The molecular formula is C20H22N4O3. The zero-order valence-corrected chi connectivity index (χ0v) is 15.1. The number of para-hydroxylation sites is 1. The normalized spacial score (nSPS) is 17.4. The molecular weight excluding hydrogens is 344 g/mol. The molecule has 0 saturated carbocycles. The molecule has 1 aromatic carbocycles. The van der Waals surface area contributed by atoms with Crippen molar-refractivity contribution in [1.29, 1.82) is 0 Å². The minimum Gasteiger partial charge on any atom is -0.349 e. The van der Waals surface area contributed by atoms with Gasteiger partial charge in [0.05, 0.1) is 18.2 Å². The van der Waals surface area contributed by atoms with Gasteiger partial charge in [-0.05, 0) is 31.2 Å². The van der Waals surface area contributed by atoms with Crippen molar-refractivity contribution >= 4 is 23.4 Å². The molecule has 27 heavy (non-hydrogen) atoms. The van der Waals surface area contributed by atoms with Crippen molar-refractivity contribution in [3.8, 4) is 0 Å². The molecule has 7 heteroatoms. The van der Waals surface area contributed by atoms with E-state index in [0.29, 0.717) is 13.1 Å². The second-order valence-corrected chi connectivity index (χ2v) is 6.51. The zero-order chi connectivity index (χ0) is 19.2. The van der Waals surface area contributed by atoms with Crippen LogP contribution in [0, 0.1) is 5.92 Å². The van der Waals surface area contributed by atoms with Crippen LogP contribution in [-0.2, 0) is 20.9 Å². The summed E-state index contributed by atoms with van der Waals surface area (Å²) in [5, 5.41) is 5.44. The van der Waals surface area contributed by atoms with E-state index < -0.39 is 12.0 Å². The van der Waals surface area contributed by atoms with Crippen molar-refractivity contribution in [2.24, 2.45) is 5.92 Å². The van der Waals surface area contributed by atoms with Crippen molar-refractivity contribution < 1.29 is 14.4 Å². The molecule has 1 fully saturated rings. The lowest BCUT2D eigenvalue weighted by Crippen LogP contribution is -2.47. The van der Waals surface area contributed by atoms with Crippen molar-refractivity contribution in [2.75, 3.05) is 11.4 Å². The molecule has 140 valence electrons. The van der Waals surface area contributed by atoms with E-state index in [1.165, 1.54) is 0 Å². The van der Waals surface area contributed by atoms with Gasteiger partial charge in [0.2, 0.25) is 17.7 Å². The maximum absolute atomic E-state index is 12.5. The predicted octanol–water partition coefficient (Wildman–Crippen LogP) is 1.26. The second-order valence-electron chi connectivity index (χ2n) is 6.51. The molecule has 0 bridgehead atoms. The number of carbonyl (C=O) groups is 3. The first-order valence-electron chi connectivity index (χ1n) is 8.88. The summed E-state index contributed by atoms with van der Waals surface area (Å²) in [6.07, 6.45) is 1.80. The van der Waals surface area contributed by atoms with Gasteiger partial charge in [0.1, 0.15) is 6.04 Å². The number of benzene rings is 1. The highest BCUT2D eigenvalue weighted by Crippen LogP contribution is 2.24. The third-order valence-electron chi connectivity index (χ3n) is 4.49. The van der Waals surface area contributed by atoms with Gasteiger partial charge in [-0.15, -0.1) is 0 Å². The van der Waals surface area contributed by atoms with E-state index in [2.05, 4.69) is 15.6 Å². The van der Waals surface area contributed by atoms with Crippen LogP contribution in [0.4, 0.5) is 5.69 Å². The van der Waals surface area contributed by atoms with Gasteiger partial charge < -0.3 is 15.5 Å². The first-order valence-corrected chi connectivity index (χ1v) is 8.88. The lowest BCUT2D eigenvalue weighted by Gasteiger charge is -2.18. The molecule has 2 atom stereocenters. The molecule has 0 radical (unpaired) electrons. The smallest absolute Gasteiger partial charge is 0.242 e. The molecule has 7 nitrogen and oxygen atoms in total. The molecule has 1 aliphatic rings. The Balaban J connectivity index is 1.51. The summed E-state index contributed by atoms with van der Waals surface area (Å²) < 4.78 is 0. The van der Waals surface area contributed by atoms with Crippen LogP contribution in [0.3, 0.4) is 0 Å². The fourth-order valence-corrected chi connectivity index (χ4v) is 2.97. The maximum atomic E-state index is 12.5. The number of aromatic nitrogens is 1. The molecule has 3 rings (SSSR count). The average molecular weight is 366 g/mol. The predicted molar refractivity (Wildman–Crippen MR) is 101 cm³/mol. The highest BCUT2D eigenvalue weighted by Gasteiger charge is 2.35. The molecule has 1 aliphatic heterocycles. The van der Waals surface area contributed by atoms with Gasteiger partial charge in [-0.25, -0.2) is 0 Å². The molecule has 0 unspecified atom stereocenters. The Kier molecular flexibility index (Phi) is 5.80. The summed E-state index contributed by atoms with van der Waals surface area (Å²) in [5.41, 5.74) is 1.52. The molecule has 3 amide bonds. The van der Waals surface area contributed by atoms with Gasteiger partial charge in [-0.2, -0.15) is 0 Å². The van der Waals surface area contributed by atoms with Crippen LogP contribution in [0.15, 0.2) is 54.7 Å². The molecule has 1 saturated heterocycles. The summed E-state index contributed by atoms with van der Waals surface area (Å²) in [6.45, 7) is 2.23. The molecule has 0 spiro atoms. The highest BCUT2D eigenvalue weighted by molar-refractivity contribution is 6.01. The SMILES string of the molecule is C[C@H](NC(=O)[C@@H]1CC(=O)N(c2ccccc2)C1)C(=O)NCc1ccccn1. The quantitative estimate of drug-likeness (QED) is 0.805. The van der Waals surface area contributed by atoms with Gasteiger partial charge in [0, 0.05) is 24.8 Å². The van der Waals surface area contributed by atoms with E-state index in [0.717, 1.165) is 11.4 Å². The Morgan fingerprint density at radius 2 is 1.93 bits per heavy atom. The number of anilines is 1. The highest BCUT2D eigenvalue weighted by atomic mass is 16.2. The summed E-state index contributed by atoms with van der Waals surface area (Å²) in [4.78, 5) is 42.6. The summed E-state index contributed by atoms with van der Waals surface area (Å²) >= 11 is 0. The van der Waals surface area contributed by atoms with Crippen molar-refractivity contribution in [3.05, 3.63) is 60.4 Å². The number of nitrogens with one attached hydrogen (secondary N) is 2. The number of rotatable bonds is 6. The van der Waals surface area contributed by atoms with Crippen LogP contribution in [0.1, 0.15) is 19.0 Å². The van der Waals surface area contributed by atoms with E-state index in [9.17, 15) is 14.4 Å². The Hall–Kier alpha value is -3.22. The lowest BCUT2D eigenvalue weighted by atomic mass is 10.1. The standard InChI is InChI=1S/C20H22N4O3/c1-14(19(26)22-12-16-7-5-6-10-21-16)23-20(27)15-11-18(25)24(13-15)17-8-3-2-4-9-17/h2-10,14-15H,11-13H2,1H3,(H,22,26)(H,23,27)/t14-,15+/m0/s1. The molecule has 2 aromatic rings. The van der Waals surface area contributed by atoms with E-state index in [1.54, 1.807) is 24.1 Å². The van der Waals surface area contributed by atoms with E-state index in [4.69, 9.17) is 0 Å². The van der Waals surface area contributed by atoms with E-state index >= 15 is 0 Å². The first-order chi connectivity index (χ1) is 13.0. The fraction of sp³-hybridized carbons (Fsp3) is 0.300. The molecule has 2 heterocycles. The lowest BCUT2D eigenvalue weighted by molar-refractivity contribution is -0.131. The monoisotopic (exact) mass is 366 g/mol. The molecule has 2 N–H and O–H groups in total. The second kappa shape index (κ2) is 8.44. The van der Waals surface area contributed by atoms with Crippen molar-refractivity contribution in [1.82, 2.24) is 15.6 Å². The largest absolute Gasteiger partial charge is 0.349 e. The number of hydrogen-bond donors (Lipinski definition) is 2. The Labute approximate surface area is 157 Å². The first kappa shape index (κ1) is 18.6. The Bertz CT molecular complexity index is 810. The zero-order valence-electron chi connectivity index (χ0n) is 15.1. The number of hydrogen-bond acceptors (Lipinski definition) is 4. The fourth-order valence-electron chi connectivity index (χ4n) is 2.97. The Morgan fingerprint density at radius 3 is 2.63 bits per heavy atom. The molecule has 0 aliphatic carbocycles. The third-order valence-corrected chi connectivity index (χ3v) is 4.49. The third kappa shape index (κ3) is 4.69. The van der Waals surface area contributed by atoms with Crippen LogP contribution in [0.25, 0.3) is 0 Å². The number of nitrogens with zero attached hydrogens (tertiary/aromatic N) is 2. The minimum absolute atomic E-state index is 0.0893. The van der Waals surface area contributed by atoms with Gasteiger partial charge in [0.25, 0.3) is 0 Å². The summed E-state index contributed by atoms with van der Waals surface area (Å²) in [6, 6.07) is 14.0. The van der Waals surface area contributed by atoms with Gasteiger partial charge >= 0.3 is 0 Å². The van der Waals surface area contributed by atoms with Crippen molar-refractivity contribution in [2.45, 2.75) is 25.9 Å². The van der Waals surface area contributed by atoms with E-state index in [-0.39, 0.29) is 24.1 Å². The van der Waals surface area contributed by atoms with E-state index in [1.807, 2.05) is 42.5 Å². The van der Waals surface area contributed by atoms with Crippen LogP contribution < -0.4 is 15.5 Å². The van der Waals surface area contributed by atoms with Crippen LogP contribution >= 0.6 is 0 Å². The van der Waals surface area contributed by atoms with Crippen LogP contribution in [0.5, 0.6) is 0 Å².